The number of rotatable bonds is 2. The van der Waals surface area contributed by atoms with E-state index in [9.17, 15) is 8.42 Å². The summed E-state index contributed by atoms with van der Waals surface area (Å²) in [6.07, 6.45) is 6.77. The molecule has 19 heavy (non-hydrogen) atoms. The number of halogens is 1. The topological polar surface area (TPSA) is 50.3 Å². The number of sulfonamides is 1. The first-order valence-corrected chi connectivity index (χ1v) is 8.54. The van der Waals surface area contributed by atoms with E-state index in [1.54, 1.807) is 10.4 Å². The molecule has 1 aromatic rings. The van der Waals surface area contributed by atoms with Crippen LogP contribution in [0.15, 0.2) is 23.2 Å². The quantitative estimate of drug-likeness (QED) is 0.789. The third-order valence-electron chi connectivity index (χ3n) is 4.25. The van der Waals surface area contributed by atoms with Crippen LogP contribution < -0.4 is 0 Å². The Morgan fingerprint density at radius 3 is 2.74 bits per heavy atom. The van der Waals surface area contributed by atoms with E-state index < -0.39 is 10.0 Å². The van der Waals surface area contributed by atoms with Gasteiger partial charge in [-0.2, -0.15) is 4.31 Å². The molecule has 0 radical (unpaired) electrons. The third-order valence-corrected chi connectivity index (χ3v) is 6.38. The molecular formula is C13H17ClN2O2S. The van der Waals surface area contributed by atoms with Gasteiger partial charge in [0.25, 0.3) is 0 Å². The first kappa shape index (κ1) is 13.3. The molecular weight excluding hydrogens is 284 g/mol. The molecule has 1 aromatic heterocycles. The summed E-state index contributed by atoms with van der Waals surface area (Å²) < 4.78 is 27.1. The van der Waals surface area contributed by atoms with Crippen LogP contribution in [-0.4, -0.2) is 30.3 Å². The molecule has 0 amide bonds. The van der Waals surface area contributed by atoms with Gasteiger partial charge in [-0.1, -0.05) is 18.0 Å². The molecule has 0 spiro atoms. The maximum absolute atomic E-state index is 12.7. The average molecular weight is 301 g/mol. The first-order valence-electron chi connectivity index (χ1n) is 6.72. The van der Waals surface area contributed by atoms with Crippen LogP contribution >= 0.6 is 11.6 Å². The number of fused-ring (bicyclic) bond motifs is 1. The zero-order valence-corrected chi connectivity index (χ0v) is 12.2. The normalized spacial score (nSPS) is 28.3. The van der Waals surface area contributed by atoms with Crippen molar-refractivity contribution in [2.24, 2.45) is 5.92 Å². The second-order valence-corrected chi connectivity index (χ2v) is 7.61. The maximum Gasteiger partial charge on any atom is 0.244 e. The highest BCUT2D eigenvalue weighted by molar-refractivity contribution is 7.89. The lowest BCUT2D eigenvalue weighted by molar-refractivity contribution is 0.202. The molecule has 2 heterocycles. The van der Waals surface area contributed by atoms with Crippen molar-refractivity contribution in [1.29, 1.82) is 0 Å². The van der Waals surface area contributed by atoms with Crippen molar-refractivity contribution in [1.82, 2.24) is 9.29 Å². The monoisotopic (exact) mass is 300 g/mol. The number of hydrogen-bond donors (Lipinski definition) is 0. The fourth-order valence-electron chi connectivity index (χ4n) is 3.36. The molecule has 2 unspecified atom stereocenters. The van der Waals surface area contributed by atoms with Crippen LogP contribution in [0, 0.1) is 5.92 Å². The number of pyridine rings is 1. The highest BCUT2D eigenvalue weighted by Crippen LogP contribution is 2.39. The summed E-state index contributed by atoms with van der Waals surface area (Å²) in [7, 11) is -3.42. The molecule has 1 saturated carbocycles. The van der Waals surface area contributed by atoms with E-state index in [2.05, 4.69) is 4.98 Å². The van der Waals surface area contributed by atoms with Gasteiger partial charge < -0.3 is 0 Å². The van der Waals surface area contributed by atoms with E-state index in [1.807, 2.05) is 0 Å². The molecule has 2 aliphatic rings. The number of piperidine rings is 1. The van der Waals surface area contributed by atoms with Crippen LogP contribution in [0.4, 0.5) is 0 Å². The Morgan fingerprint density at radius 1 is 1.21 bits per heavy atom. The average Bonchev–Trinajstić information content (AvgIpc) is 2.87. The van der Waals surface area contributed by atoms with Crippen LogP contribution in [0.3, 0.4) is 0 Å². The van der Waals surface area contributed by atoms with E-state index in [1.165, 1.54) is 12.3 Å². The van der Waals surface area contributed by atoms with Crippen molar-refractivity contribution in [3.63, 3.8) is 0 Å². The zero-order valence-electron chi connectivity index (χ0n) is 10.6. The van der Waals surface area contributed by atoms with Crippen molar-refractivity contribution >= 4 is 21.6 Å². The van der Waals surface area contributed by atoms with Gasteiger partial charge in [-0.05, 0) is 43.7 Å². The lowest BCUT2D eigenvalue weighted by atomic mass is 9.94. The molecule has 0 bridgehead atoms. The summed E-state index contributed by atoms with van der Waals surface area (Å²) in [4.78, 5) is 4.14. The standard InChI is InChI=1S/C13H17ClN2O2S/c14-13-7-6-11(9-15-13)19(17,18)16-8-2-4-10-3-1-5-12(10)16/h6-7,9-10,12H,1-5,8H2. The zero-order chi connectivity index (χ0) is 13.5. The molecule has 104 valence electrons. The van der Waals surface area contributed by atoms with Crippen LogP contribution in [-0.2, 0) is 10.0 Å². The van der Waals surface area contributed by atoms with Gasteiger partial charge in [0.15, 0.2) is 0 Å². The summed E-state index contributed by atoms with van der Waals surface area (Å²) in [6, 6.07) is 3.27. The predicted octanol–water partition coefficient (Wildman–Crippen LogP) is 2.69. The van der Waals surface area contributed by atoms with E-state index >= 15 is 0 Å². The molecule has 1 aliphatic heterocycles. The summed E-state index contributed by atoms with van der Waals surface area (Å²) in [6.45, 7) is 0.631. The largest absolute Gasteiger partial charge is 0.244 e. The number of aromatic nitrogens is 1. The molecule has 1 aliphatic carbocycles. The Kier molecular flexibility index (Phi) is 3.53. The van der Waals surface area contributed by atoms with Gasteiger partial charge in [0.05, 0.1) is 0 Å². The second-order valence-electron chi connectivity index (χ2n) is 5.33. The molecule has 2 fully saturated rings. The lowest BCUT2D eigenvalue weighted by Gasteiger charge is -2.36. The smallest absolute Gasteiger partial charge is 0.243 e. The van der Waals surface area contributed by atoms with Gasteiger partial charge >= 0.3 is 0 Å². The Labute approximate surface area is 118 Å². The summed E-state index contributed by atoms with van der Waals surface area (Å²) >= 11 is 5.72. The van der Waals surface area contributed by atoms with Crippen molar-refractivity contribution in [2.75, 3.05) is 6.54 Å². The number of nitrogens with zero attached hydrogens (tertiary/aromatic N) is 2. The fourth-order valence-corrected chi connectivity index (χ4v) is 5.17. The van der Waals surface area contributed by atoms with Gasteiger partial charge in [0.2, 0.25) is 10.0 Å². The summed E-state index contributed by atoms with van der Waals surface area (Å²) in [5.74, 6) is 0.545. The van der Waals surface area contributed by atoms with Crippen molar-refractivity contribution in [2.45, 2.75) is 43.0 Å². The van der Waals surface area contributed by atoms with Crippen LogP contribution in [0.25, 0.3) is 0 Å². The molecule has 3 rings (SSSR count). The minimum atomic E-state index is -3.42. The van der Waals surface area contributed by atoms with Gasteiger partial charge in [-0.25, -0.2) is 13.4 Å². The van der Waals surface area contributed by atoms with Crippen molar-refractivity contribution < 1.29 is 8.42 Å². The van der Waals surface area contributed by atoms with E-state index in [0.717, 1.165) is 32.1 Å². The Bertz CT molecular complexity index is 559. The van der Waals surface area contributed by atoms with Gasteiger partial charge in [-0.15, -0.1) is 0 Å². The van der Waals surface area contributed by atoms with Gasteiger partial charge in [-0.3, -0.25) is 0 Å². The summed E-state index contributed by atoms with van der Waals surface area (Å²) in [5.41, 5.74) is 0. The van der Waals surface area contributed by atoms with E-state index in [0.29, 0.717) is 17.6 Å². The predicted molar refractivity (Wildman–Crippen MR) is 73.5 cm³/mol. The number of hydrogen-bond acceptors (Lipinski definition) is 3. The minimum absolute atomic E-state index is 0.189. The van der Waals surface area contributed by atoms with Gasteiger partial charge in [0, 0.05) is 18.8 Å². The molecule has 0 N–H and O–H groups in total. The molecule has 2 atom stereocenters. The first-order chi connectivity index (χ1) is 9.09. The lowest BCUT2D eigenvalue weighted by Crippen LogP contribution is -2.46. The highest BCUT2D eigenvalue weighted by Gasteiger charge is 2.41. The fraction of sp³-hybridized carbons (Fsp3) is 0.615. The van der Waals surface area contributed by atoms with E-state index in [-0.39, 0.29) is 10.9 Å². The SMILES string of the molecule is O=S(=O)(c1ccc(Cl)nc1)N1CCCC2CCCC21. The van der Waals surface area contributed by atoms with Crippen LogP contribution in [0.1, 0.15) is 32.1 Å². The summed E-state index contributed by atoms with van der Waals surface area (Å²) in [5, 5.41) is 0.316. The third kappa shape index (κ3) is 2.39. The highest BCUT2D eigenvalue weighted by atomic mass is 35.5. The van der Waals surface area contributed by atoms with Gasteiger partial charge in [0.1, 0.15) is 10.0 Å². The minimum Gasteiger partial charge on any atom is -0.243 e. The van der Waals surface area contributed by atoms with Crippen molar-refractivity contribution in [3.05, 3.63) is 23.5 Å². The van der Waals surface area contributed by atoms with Crippen LogP contribution in [0.5, 0.6) is 0 Å². The molecule has 1 saturated heterocycles. The Hall–Kier alpha value is -0.650. The Balaban J connectivity index is 1.93. The molecule has 6 heteroatoms. The maximum atomic E-state index is 12.7. The van der Waals surface area contributed by atoms with E-state index in [4.69, 9.17) is 11.6 Å². The Morgan fingerprint density at radius 2 is 2.00 bits per heavy atom. The molecule has 0 aromatic carbocycles. The second kappa shape index (κ2) is 5.04. The molecule has 4 nitrogen and oxygen atoms in total. The van der Waals surface area contributed by atoms with Crippen LogP contribution in [0.2, 0.25) is 5.15 Å². The van der Waals surface area contributed by atoms with Crippen molar-refractivity contribution in [3.8, 4) is 0 Å².